The van der Waals surface area contributed by atoms with Gasteiger partial charge in [0, 0.05) is 24.3 Å². The molecule has 1 aliphatic rings. The Morgan fingerprint density at radius 1 is 0.867 bits per heavy atom. The molecule has 0 bridgehead atoms. The molecule has 1 heterocycles. The van der Waals surface area contributed by atoms with E-state index in [4.69, 9.17) is 12.2 Å². The Bertz CT molecular complexity index is 1330. The minimum atomic E-state index is -1.14. The molecule has 0 aliphatic carbocycles. The highest BCUT2D eigenvalue weighted by molar-refractivity contribution is 7.80. The predicted molar refractivity (Wildman–Crippen MR) is 178 cm³/mol. The largest absolute Gasteiger partial charge is 0.480 e. The van der Waals surface area contributed by atoms with E-state index in [1.165, 1.54) is 0 Å². The molecule has 2 aromatic carbocycles. The summed E-state index contributed by atoms with van der Waals surface area (Å²) in [6, 6.07) is 14.9. The Morgan fingerprint density at radius 2 is 1.40 bits per heavy atom. The zero-order valence-corrected chi connectivity index (χ0v) is 27.2. The monoisotopic (exact) mass is 639 g/mol. The SMILES string of the molecule is CN1CC(c2ccc(NC(=S)Nc3ccccc3)cc2)CC1C(=O)NC(CCCCC(NC(=O)CC(C)(C)C)C(=O)O)C(=O)O. The van der Waals surface area contributed by atoms with Crippen molar-refractivity contribution in [3.05, 3.63) is 60.2 Å². The first-order chi connectivity index (χ1) is 21.2. The van der Waals surface area contributed by atoms with Crippen molar-refractivity contribution in [2.24, 2.45) is 5.41 Å². The van der Waals surface area contributed by atoms with Crippen molar-refractivity contribution in [3.8, 4) is 0 Å². The van der Waals surface area contributed by atoms with E-state index in [-0.39, 0.29) is 42.4 Å². The third kappa shape index (κ3) is 11.8. The Labute approximate surface area is 270 Å². The van der Waals surface area contributed by atoms with Crippen LogP contribution >= 0.6 is 12.2 Å². The number of hydrogen-bond donors (Lipinski definition) is 6. The van der Waals surface area contributed by atoms with Crippen LogP contribution in [0.5, 0.6) is 0 Å². The smallest absolute Gasteiger partial charge is 0.326 e. The maximum atomic E-state index is 13.2. The van der Waals surface area contributed by atoms with Crippen molar-refractivity contribution in [3.63, 3.8) is 0 Å². The second kappa shape index (κ2) is 16.3. The molecule has 1 fully saturated rings. The Morgan fingerprint density at radius 3 is 1.93 bits per heavy atom. The minimum absolute atomic E-state index is 0.0962. The molecule has 0 spiro atoms. The summed E-state index contributed by atoms with van der Waals surface area (Å²) in [5.41, 5.74) is 2.52. The summed E-state index contributed by atoms with van der Waals surface area (Å²) < 4.78 is 0. The van der Waals surface area contributed by atoms with Gasteiger partial charge < -0.3 is 31.5 Å². The molecule has 6 N–H and O–H groups in total. The second-order valence-electron chi connectivity index (χ2n) is 12.8. The van der Waals surface area contributed by atoms with Crippen LogP contribution in [0.25, 0.3) is 0 Å². The van der Waals surface area contributed by atoms with Crippen molar-refractivity contribution in [1.29, 1.82) is 0 Å². The van der Waals surface area contributed by atoms with E-state index in [0.717, 1.165) is 16.9 Å². The van der Waals surface area contributed by atoms with E-state index in [1.54, 1.807) is 0 Å². The molecular formula is C33H45N5O6S. The third-order valence-electron chi connectivity index (χ3n) is 7.70. The first kappa shape index (κ1) is 35.4. The molecule has 244 valence electrons. The van der Waals surface area contributed by atoms with Crippen molar-refractivity contribution >= 4 is 52.5 Å². The van der Waals surface area contributed by atoms with Gasteiger partial charge >= 0.3 is 11.9 Å². The summed E-state index contributed by atoms with van der Waals surface area (Å²) >= 11 is 5.40. The molecule has 2 amide bonds. The van der Waals surface area contributed by atoms with E-state index in [9.17, 15) is 29.4 Å². The van der Waals surface area contributed by atoms with Gasteiger partial charge in [-0.15, -0.1) is 0 Å². The van der Waals surface area contributed by atoms with Gasteiger partial charge in [-0.25, -0.2) is 9.59 Å². The molecule has 45 heavy (non-hydrogen) atoms. The van der Waals surface area contributed by atoms with E-state index in [1.807, 2.05) is 87.3 Å². The van der Waals surface area contributed by atoms with Gasteiger partial charge in [0.2, 0.25) is 11.8 Å². The van der Waals surface area contributed by atoms with Crippen molar-refractivity contribution < 1.29 is 29.4 Å². The van der Waals surface area contributed by atoms with Gasteiger partial charge in [-0.05, 0) is 79.7 Å². The Kier molecular flexibility index (Phi) is 12.9. The quantitative estimate of drug-likeness (QED) is 0.129. The summed E-state index contributed by atoms with van der Waals surface area (Å²) in [5.74, 6) is -2.86. The zero-order valence-electron chi connectivity index (χ0n) is 26.3. The maximum Gasteiger partial charge on any atom is 0.326 e. The molecule has 12 heteroatoms. The molecule has 0 radical (unpaired) electrons. The van der Waals surface area contributed by atoms with Crippen molar-refractivity contribution in [1.82, 2.24) is 15.5 Å². The van der Waals surface area contributed by atoms with Crippen molar-refractivity contribution in [2.75, 3.05) is 24.2 Å². The number of nitrogens with zero attached hydrogens (tertiary/aromatic N) is 1. The molecule has 4 atom stereocenters. The molecule has 2 aromatic rings. The maximum absolute atomic E-state index is 13.2. The number of amides is 2. The Balaban J connectivity index is 1.47. The average Bonchev–Trinajstić information content (AvgIpc) is 3.35. The number of unbranched alkanes of at least 4 members (excludes halogenated alkanes) is 1. The van der Waals surface area contributed by atoms with Crippen LogP contribution in [0.15, 0.2) is 54.6 Å². The van der Waals surface area contributed by atoms with Crippen molar-refractivity contribution in [2.45, 2.75) is 83.3 Å². The molecule has 3 rings (SSSR count). The van der Waals surface area contributed by atoms with Gasteiger partial charge in [-0.3, -0.25) is 14.5 Å². The van der Waals surface area contributed by atoms with E-state index in [0.29, 0.717) is 30.9 Å². The van der Waals surface area contributed by atoms with Crippen LogP contribution in [0.2, 0.25) is 0 Å². The number of benzene rings is 2. The lowest BCUT2D eigenvalue weighted by molar-refractivity contribution is -0.143. The zero-order chi connectivity index (χ0) is 33.1. The third-order valence-corrected chi connectivity index (χ3v) is 7.90. The number of likely N-dealkylation sites (tertiary alicyclic amines) is 1. The number of rotatable bonds is 14. The standard InChI is InChI=1S/C33H45N5O6S/c1-33(2,3)19-28(39)36-25(30(41)42)12-8-9-13-26(31(43)44)37-29(40)27-18-22(20-38(27)4)21-14-16-24(17-15-21)35-32(45)34-23-10-6-5-7-11-23/h5-7,10-11,14-17,22,25-27H,8-9,12-13,18-20H2,1-4H3,(H,36,39)(H,37,40)(H,41,42)(H,43,44)(H2,34,35,45). The van der Waals surface area contributed by atoms with Crippen LogP contribution < -0.4 is 21.3 Å². The second-order valence-corrected chi connectivity index (χ2v) is 13.2. The first-order valence-electron chi connectivity index (χ1n) is 15.2. The molecule has 0 aromatic heterocycles. The number of aliphatic carboxylic acids is 2. The van der Waals surface area contributed by atoms with Crippen LogP contribution in [-0.2, 0) is 19.2 Å². The normalized spacial score (nSPS) is 18.0. The highest BCUT2D eigenvalue weighted by Gasteiger charge is 2.36. The average molecular weight is 640 g/mol. The summed E-state index contributed by atoms with van der Waals surface area (Å²) in [6.07, 6.45) is 1.83. The van der Waals surface area contributed by atoms with Crippen LogP contribution in [0.3, 0.4) is 0 Å². The number of nitrogens with one attached hydrogen (secondary N) is 4. The van der Waals surface area contributed by atoms with Crippen LogP contribution in [0.1, 0.15) is 70.8 Å². The number of likely N-dealkylation sites (N-methyl/N-ethyl adjacent to an activating group) is 1. The van der Waals surface area contributed by atoms with Gasteiger partial charge in [0.15, 0.2) is 5.11 Å². The molecule has 0 saturated carbocycles. The van der Waals surface area contributed by atoms with Gasteiger partial charge in [-0.2, -0.15) is 0 Å². The minimum Gasteiger partial charge on any atom is -0.480 e. The highest BCUT2D eigenvalue weighted by atomic mass is 32.1. The number of hydrogen-bond acceptors (Lipinski definition) is 6. The lowest BCUT2D eigenvalue weighted by atomic mass is 9.91. The van der Waals surface area contributed by atoms with Crippen LogP contribution in [0.4, 0.5) is 11.4 Å². The fourth-order valence-electron chi connectivity index (χ4n) is 5.41. The topological polar surface area (TPSA) is 160 Å². The lowest BCUT2D eigenvalue weighted by Crippen LogP contribution is -2.48. The summed E-state index contributed by atoms with van der Waals surface area (Å²) in [7, 11) is 1.85. The number of para-hydroxylation sites is 1. The molecular weight excluding hydrogens is 594 g/mol. The number of anilines is 2. The Hall–Kier alpha value is -4.03. The van der Waals surface area contributed by atoms with Crippen LogP contribution in [0, 0.1) is 5.41 Å². The number of carboxylic acids is 2. The molecule has 4 unspecified atom stereocenters. The lowest BCUT2D eigenvalue weighted by Gasteiger charge is -2.22. The summed E-state index contributed by atoms with van der Waals surface area (Å²) in [4.78, 5) is 50.9. The number of thiocarbonyl (C=S) groups is 1. The highest BCUT2D eigenvalue weighted by Crippen LogP contribution is 2.31. The van der Waals surface area contributed by atoms with E-state index in [2.05, 4.69) is 21.3 Å². The number of carbonyl (C=O) groups is 4. The van der Waals surface area contributed by atoms with E-state index < -0.39 is 30.1 Å². The molecule has 1 aliphatic heterocycles. The van der Waals surface area contributed by atoms with Gasteiger partial charge in [-0.1, -0.05) is 63.9 Å². The number of carbonyl (C=O) groups excluding carboxylic acids is 2. The van der Waals surface area contributed by atoms with Gasteiger partial charge in [0.25, 0.3) is 0 Å². The fraction of sp³-hybridized carbons (Fsp3) is 0.485. The predicted octanol–water partition coefficient (Wildman–Crippen LogP) is 4.42. The fourth-order valence-corrected chi connectivity index (χ4v) is 5.64. The first-order valence-corrected chi connectivity index (χ1v) is 15.6. The summed E-state index contributed by atoms with van der Waals surface area (Å²) in [5, 5.41) is 31.3. The van der Waals surface area contributed by atoms with Crippen LogP contribution in [-0.4, -0.2) is 75.7 Å². The van der Waals surface area contributed by atoms with E-state index >= 15 is 0 Å². The summed E-state index contributed by atoms with van der Waals surface area (Å²) in [6.45, 7) is 6.33. The number of carboxylic acid groups (broad SMARTS) is 2. The van der Waals surface area contributed by atoms with Gasteiger partial charge in [0.05, 0.1) is 6.04 Å². The van der Waals surface area contributed by atoms with Gasteiger partial charge in [0.1, 0.15) is 12.1 Å². The molecule has 11 nitrogen and oxygen atoms in total. The molecule has 1 saturated heterocycles.